The molecule has 0 saturated carbocycles. The maximum Gasteiger partial charge on any atom is 0.0616 e. The molecule has 12 heavy (non-hydrogen) atoms. The van der Waals surface area contributed by atoms with E-state index in [1.165, 1.54) is 0 Å². The van der Waals surface area contributed by atoms with E-state index >= 15 is 0 Å². The van der Waals surface area contributed by atoms with Gasteiger partial charge in [-0.15, -0.1) is 0 Å². The lowest BCUT2D eigenvalue weighted by Gasteiger charge is -2.19. The highest BCUT2D eigenvalue weighted by atomic mass is 16.5. The van der Waals surface area contributed by atoms with Crippen molar-refractivity contribution >= 4 is 0 Å². The molecule has 0 aromatic carbocycles. The van der Waals surface area contributed by atoms with E-state index in [9.17, 15) is 0 Å². The topological polar surface area (TPSA) is 41.5 Å². The summed E-state index contributed by atoms with van der Waals surface area (Å²) in [4.78, 5) is 0. The van der Waals surface area contributed by atoms with Crippen LogP contribution >= 0.6 is 0 Å². The van der Waals surface area contributed by atoms with Crippen LogP contribution in [0, 0.1) is 0 Å². The first-order chi connectivity index (χ1) is 5.74. The van der Waals surface area contributed by atoms with Crippen molar-refractivity contribution in [2.45, 2.75) is 39.3 Å². The van der Waals surface area contributed by atoms with Crippen molar-refractivity contribution in [3.63, 3.8) is 0 Å². The fourth-order valence-electron chi connectivity index (χ4n) is 1.04. The van der Waals surface area contributed by atoms with E-state index < -0.39 is 0 Å². The average Bonchev–Trinajstić information content (AvgIpc) is 2.10. The number of hydrogen-bond acceptors (Lipinski definition) is 3. The Morgan fingerprint density at radius 2 is 2.08 bits per heavy atom. The summed E-state index contributed by atoms with van der Waals surface area (Å²) in [6.07, 6.45) is 0.951. The Labute approximate surface area is 75.1 Å². The molecule has 0 aromatic heterocycles. The molecule has 1 unspecified atom stereocenters. The largest absolute Gasteiger partial charge is 0.395 e. The minimum atomic E-state index is 0.201. The number of aliphatic hydroxyl groups excluding tert-OH is 1. The second-order valence-electron chi connectivity index (χ2n) is 3.01. The molecule has 0 saturated heterocycles. The van der Waals surface area contributed by atoms with Gasteiger partial charge in [0.05, 0.1) is 13.2 Å². The van der Waals surface area contributed by atoms with E-state index in [1.807, 2.05) is 6.92 Å². The van der Waals surface area contributed by atoms with Gasteiger partial charge in [0, 0.05) is 18.7 Å². The first-order valence-electron chi connectivity index (χ1n) is 4.69. The van der Waals surface area contributed by atoms with Crippen LogP contribution in [0.5, 0.6) is 0 Å². The third-order valence-corrected chi connectivity index (χ3v) is 1.81. The minimum absolute atomic E-state index is 0.201. The molecule has 0 fully saturated rings. The van der Waals surface area contributed by atoms with Crippen LogP contribution < -0.4 is 5.32 Å². The Morgan fingerprint density at radius 1 is 1.42 bits per heavy atom. The van der Waals surface area contributed by atoms with Gasteiger partial charge < -0.3 is 15.2 Å². The number of rotatable bonds is 7. The molecule has 3 heteroatoms. The average molecular weight is 175 g/mol. The summed E-state index contributed by atoms with van der Waals surface area (Å²) in [7, 11) is 0. The number of nitrogens with one attached hydrogen (secondary N) is 1. The number of aliphatic hydroxyl groups is 1. The SMILES string of the molecule is CCOCC(C)N[C@@H](CC)CO. The minimum Gasteiger partial charge on any atom is -0.395 e. The Balaban J connectivity index is 3.44. The van der Waals surface area contributed by atoms with Gasteiger partial charge >= 0.3 is 0 Å². The molecule has 2 atom stereocenters. The molecule has 0 radical (unpaired) electrons. The summed E-state index contributed by atoms with van der Waals surface area (Å²) in [6, 6.07) is 0.530. The van der Waals surface area contributed by atoms with Crippen molar-refractivity contribution in [1.82, 2.24) is 5.32 Å². The number of hydrogen-bond donors (Lipinski definition) is 2. The molecular formula is C9H21NO2. The second kappa shape index (κ2) is 7.53. The zero-order valence-corrected chi connectivity index (χ0v) is 8.34. The molecule has 0 bridgehead atoms. The van der Waals surface area contributed by atoms with Crippen molar-refractivity contribution in [2.24, 2.45) is 0 Å². The van der Waals surface area contributed by atoms with Crippen LogP contribution in [0.4, 0.5) is 0 Å². The Kier molecular flexibility index (Phi) is 7.45. The quantitative estimate of drug-likeness (QED) is 0.600. The molecule has 0 aliphatic rings. The Hall–Kier alpha value is -0.120. The third kappa shape index (κ3) is 5.52. The standard InChI is InChI=1S/C9H21NO2/c1-4-9(6-11)10-8(3)7-12-5-2/h8-11H,4-7H2,1-3H3/t8?,9-/m0/s1. The van der Waals surface area contributed by atoms with Gasteiger partial charge in [-0.05, 0) is 20.3 Å². The molecule has 74 valence electrons. The second-order valence-corrected chi connectivity index (χ2v) is 3.01. The molecule has 0 spiro atoms. The molecule has 0 amide bonds. The maximum atomic E-state index is 8.90. The molecule has 0 aliphatic heterocycles. The van der Waals surface area contributed by atoms with Crippen LogP contribution in [0.15, 0.2) is 0 Å². The van der Waals surface area contributed by atoms with Gasteiger partial charge in [0.1, 0.15) is 0 Å². The lowest BCUT2D eigenvalue weighted by molar-refractivity contribution is 0.117. The summed E-state index contributed by atoms with van der Waals surface area (Å²) in [5.41, 5.74) is 0. The highest BCUT2D eigenvalue weighted by molar-refractivity contribution is 4.68. The molecule has 0 aliphatic carbocycles. The molecule has 3 nitrogen and oxygen atoms in total. The zero-order chi connectivity index (χ0) is 9.40. The molecule has 0 rings (SSSR count). The van der Waals surface area contributed by atoms with Crippen LogP contribution in [0.3, 0.4) is 0 Å². The fraction of sp³-hybridized carbons (Fsp3) is 1.00. The Bertz CT molecular complexity index is 94.5. The lowest BCUT2D eigenvalue weighted by atomic mass is 10.2. The summed E-state index contributed by atoms with van der Waals surface area (Å²) in [5.74, 6) is 0. The van der Waals surface area contributed by atoms with Gasteiger partial charge in [0.2, 0.25) is 0 Å². The number of ether oxygens (including phenoxy) is 1. The van der Waals surface area contributed by atoms with Crippen LogP contribution in [0.1, 0.15) is 27.2 Å². The van der Waals surface area contributed by atoms with Crippen molar-refractivity contribution in [3.8, 4) is 0 Å². The van der Waals surface area contributed by atoms with Crippen LogP contribution in [0.25, 0.3) is 0 Å². The van der Waals surface area contributed by atoms with Crippen molar-refractivity contribution < 1.29 is 9.84 Å². The predicted octanol–water partition coefficient (Wildman–Crippen LogP) is 0.772. The fourth-order valence-corrected chi connectivity index (χ4v) is 1.04. The monoisotopic (exact) mass is 175 g/mol. The molecule has 0 heterocycles. The first-order valence-corrected chi connectivity index (χ1v) is 4.69. The summed E-state index contributed by atoms with van der Waals surface area (Å²) in [5, 5.41) is 12.2. The van der Waals surface area contributed by atoms with Crippen LogP contribution in [0.2, 0.25) is 0 Å². The smallest absolute Gasteiger partial charge is 0.0616 e. The highest BCUT2D eigenvalue weighted by Gasteiger charge is 2.08. The summed E-state index contributed by atoms with van der Waals surface area (Å²) in [6.45, 7) is 7.77. The summed E-state index contributed by atoms with van der Waals surface area (Å²) < 4.78 is 5.24. The zero-order valence-electron chi connectivity index (χ0n) is 8.34. The molecule has 0 aromatic rings. The van der Waals surface area contributed by atoms with Gasteiger partial charge in [-0.25, -0.2) is 0 Å². The molecular weight excluding hydrogens is 154 g/mol. The summed E-state index contributed by atoms with van der Waals surface area (Å²) >= 11 is 0. The van der Waals surface area contributed by atoms with Gasteiger partial charge in [0.15, 0.2) is 0 Å². The van der Waals surface area contributed by atoms with E-state index in [4.69, 9.17) is 9.84 Å². The maximum absolute atomic E-state index is 8.90. The molecule has 2 N–H and O–H groups in total. The lowest BCUT2D eigenvalue weighted by Crippen LogP contribution is -2.40. The van der Waals surface area contributed by atoms with Gasteiger partial charge in [0.25, 0.3) is 0 Å². The normalized spacial score (nSPS) is 16.0. The van der Waals surface area contributed by atoms with Gasteiger partial charge in [-0.2, -0.15) is 0 Å². The van der Waals surface area contributed by atoms with E-state index in [2.05, 4.69) is 19.2 Å². The van der Waals surface area contributed by atoms with Crippen LogP contribution in [-0.4, -0.2) is 37.0 Å². The van der Waals surface area contributed by atoms with E-state index in [-0.39, 0.29) is 12.6 Å². The van der Waals surface area contributed by atoms with E-state index in [0.717, 1.165) is 13.0 Å². The van der Waals surface area contributed by atoms with E-state index in [0.29, 0.717) is 12.6 Å². The van der Waals surface area contributed by atoms with Crippen LogP contribution in [-0.2, 0) is 4.74 Å². The van der Waals surface area contributed by atoms with Gasteiger partial charge in [-0.1, -0.05) is 6.92 Å². The van der Waals surface area contributed by atoms with E-state index in [1.54, 1.807) is 0 Å². The predicted molar refractivity (Wildman–Crippen MR) is 50.3 cm³/mol. The van der Waals surface area contributed by atoms with Crippen molar-refractivity contribution in [3.05, 3.63) is 0 Å². The third-order valence-electron chi connectivity index (χ3n) is 1.81. The first kappa shape index (κ1) is 11.9. The van der Waals surface area contributed by atoms with Gasteiger partial charge in [-0.3, -0.25) is 0 Å². The Morgan fingerprint density at radius 3 is 2.50 bits per heavy atom. The van der Waals surface area contributed by atoms with Crippen molar-refractivity contribution in [1.29, 1.82) is 0 Å². The highest BCUT2D eigenvalue weighted by Crippen LogP contribution is 1.93. The van der Waals surface area contributed by atoms with Crippen molar-refractivity contribution in [2.75, 3.05) is 19.8 Å².